The van der Waals surface area contributed by atoms with Gasteiger partial charge in [-0.3, -0.25) is 14.5 Å². The molecule has 21 heavy (non-hydrogen) atoms. The summed E-state index contributed by atoms with van der Waals surface area (Å²) in [6.45, 7) is 4.32. The maximum absolute atomic E-state index is 12.0. The first-order chi connectivity index (χ1) is 10.2. The molecule has 1 heterocycles. The summed E-state index contributed by atoms with van der Waals surface area (Å²) >= 11 is 0. The highest BCUT2D eigenvalue weighted by Gasteiger charge is 2.27. The summed E-state index contributed by atoms with van der Waals surface area (Å²) in [5.74, 6) is 0.0625. The van der Waals surface area contributed by atoms with Gasteiger partial charge in [0.05, 0.1) is 6.54 Å². The number of nitrogens with zero attached hydrogens (tertiary/aromatic N) is 1. The van der Waals surface area contributed by atoms with Gasteiger partial charge in [0.25, 0.3) is 0 Å². The van der Waals surface area contributed by atoms with Gasteiger partial charge in [0.15, 0.2) is 0 Å². The van der Waals surface area contributed by atoms with Crippen LogP contribution < -0.4 is 10.6 Å². The van der Waals surface area contributed by atoms with Crippen LogP contribution in [-0.2, 0) is 9.59 Å². The van der Waals surface area contributed by atoms with Crippen LogP contribution in [0.1, 0.15) is 31.4 Å². The molecule has 1 saturated heterocycles. The van der Waals surface area contributed by atoms with E-state index in [0.717, 1.165) is 12.0 Å². The standard InChI is InChI=1S/C16H23N3O2/c1-2-8-17-16(21)12-19-10-9-18-15(20)11-14(19)13-6-4-3-5-7-13/h3-7,14H,2,8-12H2,1H3,(H,17,21)(H,18,20). The van der Waals surface area contributed by atoms with Gasteiger partial charge in [-0.1, -0.05) is 37.3 Å². The summed E-state index contributed by atoms with van der Waals surface area (Å²) in [6, 6.07) is 9.88. The van der Waals surface area contributed by atoms with Crippen molar-refractivity contribution in [2.24, 2.45) is 0 Å². The van der Waals surface area contributed by atoms with Crippen molar-refractivity contribution < 1.29 is 9.59 Å². The molecule has 1 unspecified atom stereocenters. The third-order valence-electron chi connectivity index (χ3n) is 3.64. The van der Waals surface area contributed by atoms with Crippen molar-refractivity contribution in [2.75, 3.05) is 26.2 Å². The predicted octanol–water partition coefficient (Wildman–Crippen LogP) is 1.08. The second-order valence-corrected chi connectivity index (χ2v) is 5.30. The molecule has 0 aromatic heterocycles. The number of amides is 2. The van der Waals surface area contributed by atoms with E-state index in [0.29, 0.717) is 32.6 Å². The number of hydrogen-bond acceptors (Lipinski definition) is 3. The van der Waals surface area contributed by atoms with Crippen LogP contribution >= 0.6 is 0 Å². The maximum atomic E-state index is 12.0. The molecule has 1 aliphatic rings. The molecule has 1 aromatic rings. The second kappa shape index (κ2) is 7.78. The van der Waals surface area contributed by atoms with Gasteiger partial charge in [-0.25, -0.2) is 0 Å². The first kappa shape index (κ1) is 15.5. The van der Waals surface area contributed by atoms with Crippen molar-refractivity contribution in [3.63, 3.8) is 0 Å². The highest BCUT2D eigenvalue weighted by Crippen LogP contribution is 2.25. The molecule has 1 atom stereocenters. The summed E-state index contributed by atoms with van der Waals surface area (Å²) < 4.78 is 0. The Bertz CT molecular complexity index is 476. The Labute approximate surface area is 125 Å². The summed E-state index contributed by atoms with van der Waals surface area (Å²) in [7, 11) is 0. The van der Waals surface area contributed by atoms with Crippen LogP contribution in [0.15, 0.2) is 30.3 Å². The van der Waals surface area contributed by atoms with Crippen molar-refractivity contribution in [3.8, 4) is 0 Å². The fraction of sp³-hybridized carbons (Fsp3) is 0.500. The lowest BCUT2D eigenvalue weighted by atomic mass is 10.0. The second-order valence-electron chi connectivity index (χ2n) is 5.30. The van der Waals surface area contributed by atoms with Crippen LogP contribution in [0, 0.1) is 0 Å². The average Bonchev–Trinajstić information content (AvgIpc) is 2.68. The third kappa shape index (κ3) is 4.56. The quantitative estimate of drug-likeness (QED) is 0.852. The Morgan fingerprint density at radius 1 is 1.38 bits per heavy atom. The number of hydrogen-bond donors (Lipinski definition) is 2. The molecule has 1 aliphatic heterocycles. The summed E-state index contributed by atoms with van der Waals surface area (Å²) in [5, 5.41) is 5.78. The van der Waals surface area contributed by atoms with Crippen molar-refractivity contribution >= 4 is 11.8 Å². The van der Waals surface area contributed by atoms with E-state index >= 15 is 0 Å². The number of carbonyl (C=O) groups is 2. The average molecular weight is 289 g/mol. The van der Waals surface area contributed by atoms with Gasteiger partial charge in [0.2, 0.25) is 11.8 Å². The molecule has 1 fully saturated rings. The van der Waals surface area contributed by atoms with Gasteiger partial charge in [-0.05, 0) is 12.0 Å². The third-order valence-corrected chi connectivity index (χ3v) is 3.64. The van der Waals surface area contributed by atoms with E-state index in [1.165, 1.54) is 0 Å². The van der Waals surface area contributed by atoms with E-state index in [-0.39, 0.29) is 17.9 Å². The molecule has 2 N–H and O–H groups in total. The lowest BCUT2D eigenvalue weighted by Crippen LogP contribution is -2.40. The molecule has 0 aliphatic carbocycles. The van der Waals surface area contributed by atoms with Gasteiger partial charge in [-0.2, -0.15) is 0 Å². The van der Waals surface area contributed by atoms with Gasteiger partial charge < -0.3 is 10.6 Å². The Kier molecular flexibility index (Phi) is 5.75. The highest BCUT2D eigenvalue weighted by molar-refractivity contribution is 5.79. The summed E-state index contributed by atoms with van der Waals surface area (Å²) in [6.07, 6.45) is 1.32. The minimum Gasteiger partial charge on any atom is -0.355 e. The molecular formula is C16H23N3O2. The molecule has 0 saturated carbocycles. The van der Waals surface area contributed by atoms with Crippen molar-refractivity contribution in [2.45, 2.75) is 25.8 Å². The zero-order chi connectivity index (χ0) is 15.1. The van der Waals surface area contributed by atoms with Crippen LogP contribution in [-0.4, -0.2) is 42.9 Å². The Morgan fingerprint density at radius 3 is 2.86 bits per heavy atom. The normalized spacial score (nSPS) is 19.7. The maximum Gasteiger partial charge on any atom is 0.234 e. The highest BCUT2D eigenvalue weighted by atomic mass is 16.2. The zero-order valence-corrected chi connectivity index (χ0v) is 12.5. The lowest BCUT2D eigenvalue weighted by Gasteiger charge is -2.28. The SMILES string of the molecule is CCCNC(=O)CN1CCNC(=O)CC1c1ccccc1. The van der Waals surface area contributed by atoms with Gasteiger partial charge in [-0.15, -0.1) is 0 Å². The molecule has 2 amide bonds. The van der Waals surface area contributed by atoms with Crippen LogP contribution in [0.3, 0.4) is 0 Å². The lowest BCUT2D eigenvalue weighted by molar-refractivity contribution is -0.124. The van der Waals surface area contributed by atoms with E-state index in [2.05, 4.69) is 15.5 Å². The van der Waals surface area contributed by atoms with E-state index in [1.54, 1.807) is 0 Å². The van der Waals surface area contributed by atoms with Crippen LogP contribution in [0.4, 0.5) is 0 Å². The molecule has 1 aromatic carbocycles. The van der Waals surface area contributed by atoms with E-state index in [9.17, 15) is 9.59 Å². The molecule has 5 nitrogen and oxygen atoms in total. The Morgan fingerprint density at radius 2 is 2.14 bits per heavy atom. The predicted molar refractivity (Wildman–Crippen MR) is 81.7 cm³/mol. The monoisotopic (exact) mass is 289 g/mol. The number of nitrogens with one attached hydrogen (secondary N) is 2. The molecule has 114 valence electrons. The Hall–Kier alpha value is -1.88. The minimum atomic E-state index is -0.0407. The van der Waals surface area contributed by atoms with Crippen LogP contribution in [0.25, 0.3) is 0 Å². The first-order valence-corrected chi connectivity index (χ1v) is 7.53. The summed E-state index contributed by atoms with van der Waals surface area (Å²) in [5.41, 5.74) is 1.08. The molecular weight excluding hydrogens is 266 g/mol. The van der Waals surface area contributed by atoms with Crippen molar-refractivity contribution in [3.05, 3.63) is 35.9 Å². The number of rotatable bonds is 5. The minimum absolute atomic E-state index is 0.0205. The molecule has 0 radical (unpaired) electrons. The fourth-order valence-corrected chi connectivity index (χ4v) is 2.57. The van der Waals surface area contributed by atoms with Gasteiger partial charge >= 0.3 is 0 Å². The largest absolute Gasteiger partial charge is 0.355 e. The topological polar surface area (TPSA) is 61.4 Å². The van der Waals surface area contributed by atoms with Crippen LogP contribution in [0.5, 0.6) is 0 Å². The summed E-state index contributed by atoms with van der Waals surface area (Å²) in [4.78, 5) is 25.9. The van der Waals surface area contributed by atoms with Crippen molar-refractivity contribution in [1.82, 2.24) is 15.5 Å². The molecule has 0 spiro atoms. The Balaban J connectivity index is 2.10. The van der Waals surface area contributed by atoms with E-state index in [1.807, 2.05) is 37.3 Å². The number of carbonyl (C=O) groups excluding carboxylic acids is 2. The van der Waals surface area contributed by atoms with Gasteiger partial charge in [0, 0.05) is 32.1 Å². The number of benzene rings is 1. The zero-order valence-electron chi connectivity index (χ0n) is 12.5. The molecule has 0 bridgehead atoms. The first-order valence-electron chi connectivity index (χ1n) is 7.53. The van der Waals surface area contributed by atoms with E-state index < -0.39 is 0 Å². The molecule has 2 rings (SSSR count). The van der Waals surface area contributed by atoms with Gasteiger partial charge in [0.1, 0.15) is 0 Å². The fourth-order valence-electron chi connectivity index (χ4n) is 2.57. The molecule has 5 heteroatoms. The smallest absolute Gasteiger partial charge is 0.234 e. The van der Waals surface area contributed by atoms with Crippen molar-refractivity contribution in [1.29, 1.82) is 0 Å². The van der Waals surface area contributed by atoms with E-state index in [4.69, 9.17) is 0 Å². The van der Waals surface area contributed by atoms with Crippen LogP contribution in [0.2, 0.25) is 0 Å².